The molecule has 1 N–H and O–H groups in total. The van der Waals surface area contributed by atoms with Crippen LogP contribution in [0.25, 0.3) is 0 Å². The minimum atomic E-state index is -4.64. The van der Waals surface area contributed by atoms with E-state index in [1.807, 2.05) is 0 Å². The number of benzene rings is 1. The molecule has 110 valence electrons. The van der Waals surface area contributed by atoms with Gasteiger partial charge in [-0.1, -0.05) is 32.4 Å². The van der Waals surface area contributed by atoms with Crippen molar-refractivity contribution >= 4 is 23.1 Å². The van der Waals surface area contributed by atoms with E-state index in [2.05, 4.69) is 5.32 Å². The van der Waals surface area contributed by atoms with Gasteiger partial charge in [-0.05, 0) is 24.3 Å². The van der Waals surface area contributed by atoms with Crippen molar-refractivity contribution in [3.63, 3.8) is 0 Å². The van der Waals surface area contributed by atoms with Gasteiger partial charge in [0.2, 0.25) is 0 Å². The van der Waals surface area contributed by atoms with Crippen LogP contribution in [0.3, 0.4) is 0 Å². The Morgan fingerprint density at radius 3 is 2.05 bits per heavy atom. The number of alkyl halides is 3. The number of nitrogens with one attached hydrogen (secondary N) is 1. The molecular formula is C14H15ClF3NO. The summed E-state index contributed by atoms with van der Waals surface area (Å²) in [6.07, 6.45) is -4.05. The predicted molar refractivity (Wildman–Crippen MR) is 73.7 cm³/mol. The quantitative estimate of drug-likeness (QED) is 0.812. The topological polar surface area (TPSA) is 29.1 Å². The van der Waals surface area contributed by atoms with E-state index in [0.717, 1.165) is 0 Å². The number of anilines is 1. The number of hydrogen-bond acceptors (Lipinski definition) is 2. The molecule has 6 heteroatoms. The molecule has 0 spiro atoms. The number of allylic oxidation sites excluding steroid dienone is 2. The molecule has 0 unspecified atom stereocenters. The first-order valence-corrected chi connectivity index (χ1v) is 6.24. The van der Waals surface area contributed by atoms with E-state index in [4.69, 9.17) is 11.6 Å². The molecule has 2 nitrogen and oxygen atoms in total. The third kappa shape index (κ3) is 4.89. The van der Waals surface area contributed by atoms with Crippen molar-refractivity contribution in [3.8, 4) is 0 Å². The number of halogens is 4. The largest absolute Gasteiger partial charge is 0.431 e. The van der Waals surface area contributed by atoms with Gasteiger partial charge < -0.3 is 5.32 Å². The molecule has 0 aliphatic heterocycles. The van der Waals surface area contributed by atoms with Crippen LogP contribution in [0.15, 0.2) is 36.0 Å². The smallest absolute Gasteiger partial charge is 0.351 e. The zero-order valence-corrected chi connectivity index (χ0v) is 12.1. The number of ketones is 1. The zero-order valence-electron chi connectivity index (χ0n) is 11.3. The van der Waals surface area contributed by atoms with Crippen LogP contribution in [0.1, 0.15) is 20.8 Å². The second-order valence-electron chi connectivity index (χ2n) is 5.30. The lowest BCUT2D eigenvalue weighted by Crippen LogP contribution is -2.24. The Labute approximate surface area is 120 Å². The molecule has 20 heavy (non-hydrogen) atoms. The van der Waals surface area contributed by atoms with E-state index in [1.165, 1.54) is 24.3 Å². The summed E-state index contributed by atoms with van der Waals surface area (Å²) in [5.41, 5.74) is -1.77. The first-order chi connectivity index (χ1) is 9.00. The van der Waals surface area contributed by atoms with E-state index in [-0.39, 0.29) is 5.69 Å². The lowest BCUT2D eigenvalue weighted by atomic mass is 9.90. The first-order valence-electron chi connectivity index (χ1n) is 5.86. The minimum Gasteiger partial charge on any atom is -0.351 e. The summed E-state index contributed by atoms with van der Waals surface area (Å²) in [7, 11) is 0. The highest BCUT2D eigenvalue weighted by atomic mass is 35.5. The summed E-state index contributed by atoms with van der Waals surface area (Å²) < 4.78 is 38.8. The van der Waals surface area contributed by atoms with Gasteiger partial charge in [0.15, 0.2) is 5.78 Å². The van der Waals surface area contributed by atoms with Gasteiger partial charge in [-0.2, -0.15) is 13.2 Å². The molecule has 0 amide bonds. The summed E-state index contributed by atoms with van der Waals surface area (Å²) in [6, 6.07) is 5.74. The second kappa shape index (κ2) is 5.87. The van der Waals surface area contributed by atoms with Crippen LogP contribution in [0.4, 0.5) is 18.9 Å². The maximum Gasteiger partial charge on any atom is 0.431 e. The van der Waals surface area contributed by atoms with E-state index >= 15 is 0 Å². The van der Waals surface area contributed by atoms with Crippen molar-refractivity contribution in [1.82, 2.24) is 0 Å². The van der Waals surface area contributed by atoms with Crippen LogP contribution < -0.4 is 5.32 Å². The van der Waals surface area contributed by atoms with Crippen LogP contribution in [0, 0.1) is 5.41 Å². The van der Waals surface area contributed by atoms with E-state index in [9.17, 15) is 18.0 Å². The molecule has 0 aliphatic rings. The molecule has 0 saturated carbocycles. The van der Waals surface area contributed by atoms with Crippen molar-refractivity contribution in [3.05, 3.63) is 41.1 Å². The number of carbonyl (C=O) groups excluding carboxylic acids is 1. The first kappa shape index (κ1) is 16.6. The van der Waals surface area contributed by atoms with E-state index in [1.54, 1.807) is 20.8 Å². The molecular weight excluding hydrogens is 291 g/mol. The molecule has 1 aromatic carbocycles. The molecule has 0 saturated heterocycles. The number of carbonyl (C=O) groups is 1. The summed E-state index contributed by atoms with van der Waals surface area (Å²) in [4.78, 5) is 11.7. The summed E-state index contributed by atoms with van der Waals surface area (Å²) >= 11 is 5.66. The van der Waals surface area contributed by atoms with Crippen LogP contribution in [-0.2, 0) is 4.79 Å². The SMILES string of the molecule is CC(C)(C)C(=O)C=C(Nc1ccc(Cl)cc1)C(F)(F)F. The van der Waals surface area contributed by atoms with Crippen LogP contribution in [0.5, 0.6) is 0 Å². The van der Waals surface area contributed by atoms with Gasteiger partial charge in [0, 0.05) is 22.2 Å². The van der Waals surface area contributed by atoms with E-state index in [0.29, 0.717) is 11.1 Å². The molecule has 0 aromatic heterocycles. The Hall–Kier alpha value is -1.49. The molecule has 0 heterocycles. The normalized spacial score (nSPS) is 13.2. The van der Waals surface area contributed by atoms with Crippen LogP contribution >= 0.6 is 11.6 Å². The third-order valence-electron chi connectivity index (χ3n) is 2.44. The van der Waals surface area contributed by atoms with Gasteiger partial charge in [-0.3, -0.25) is 4.79 Å². The fourth-order valence-electron chi connectivity index (χ4n) is 1.23. The predicted octanol–water partition coefficient (Wildman–Crippen LogP) is 4.81. The van der Waals surface area contributed by atoms with Gasteiger partial charge in [-0.15, -0.1) is 0 Å². The Bertz CT molecular complexity index is 513. The maximum atomic E-state index is 12.9. The van der Waals surface area contributed by atoms with Gasteiger partial charge in [-0.25, -0.2) is 0 Å². The average Bonchev–Trinajstić information content (AvgIpc) is 2.28. The fourth-order valence-corrected chi connectivity index (χ4v) is 1.35. The summed E-state index contributed by atoms with van der Waals surface area (Å²) in [5.74, 6) is -0.605. The lowest BCUT2D eigenvalue weighted by Gasteiger charge is -2.18. The van der Waals surface area contributed by atoms with Crippen molar-refractivity contribution in [2.24, 2.45) is 5.41 Å². The van der Waals surface area contributed by atoms with Crippen molar-refractivity contribution in [2.45, 2.75) is 26.9 Å². The van der Waals surface area contributed by atoms with Gasteiger partial charge in [0.1, 0.15) is 5.70 Å². The van der Waals surface area contributed by atoms with Crippen LogP contribution in [-0.4, -0.2) is 12.0 Å². The van der Waals surface area contributed by atoms with Gasteiger partial charge in [0.05, 0.1) is 0 Å². The molecule has 1 rings (SSSR count). The number of rotatable bonds is 3. The fraction of sp³-hybridized carbons (Fsp3) is 0.357. The summed E-state index contributed by atoms with van der Waals surface area (Å²) in [5, 5.41) is 2.62. The standard InChI is InChI=1S/C14H15ClF3NO/c1-13(2,3)12(20)8-11(14(16,17)18)19-10-6-4-9(15)5-7-10/h4-8,19H,1-3H3. The highest BCUT2D eigenvalue weighted by molar-refractivity contribution is 6.30. The molecule has 0 bridgehead atoms. The van der Waals surface area contributed by atoms with E-state index < -0.39 is 23.1 Å². The Morgan fingerprint density at radius 1 is 1.15 bits per heavy atom. The highest BCUT2D eigenvalue weighted by Crippen LogP contribution is 2.29. The molecule has 0 atom stereocenters. The highest BCUT2D eigenvalue weighted by Gasteiger charge is 2.35. The maximum absolute atomic E-state index is 12.9. The lowest BCUT2D eigenvalue weighted by molar-refractivity contribution is -0.122. The Morgan fingerprint density at radius 2 is 1.65 bits per heavy atom. The van der Waals surface area contributed by atoms with Gasteiger partial charge >= 0.3 is 6.18 Å². The third-order valence-corrected chi connectivity index (χ3v) is 2.70. The van der Waals surface area contributed by atoms with Crippen molar-refractivity contribution in [2.75, 3.05) is 5.32 Å². The minimum absolute atomic E-state index is 0.208. The monoisotopic (exact) mass is 305 g/mol. The number of hydrogen-bond donors (Lipinski definition) is 1. The summed E-state index contributed by atoms with van der Waals surface area (Å²) in [6.45, 7) is 4.67. The Balaban J connectivity index is 3.06. The van der Waals surface area contributed by atoms with Crippen LogP contribution in [0.2, 0.25) is 5.02 Å². The zero-order chi connectivity index (χ0) is 15.6. The molecule has 0 aliphatic carbocycles. The molecule has 1 aromatic rings. The molecule has 0 fully saturated rings. The van der Waals surface area contributed by atoms with Gasteiger partial charge in [0.25, 0.3) is 0 Å². The second-order valence-corrected chi connectivity index (χ2v) is 5.74. The Kier molecular flexibility index (Phi) is 4.86. The average molecular weight is 306 g/mol. The molecule has 0 radical (unpaired) electrons. The van der Waals surface area contributed by atoms with Crippen molar-refractivity contribution < 1.29 is 18.0 Å². The van der Waals surface area contributed by atoms with Crippen molar-refractivity contribution in [1.29, 1.82) is 0 Å².